The Hall–Kier alpha value is 0.214. The van der Waals surface area contributed by atoms with Crippen LogP contribution in [0.15, 0.2) is 30.3 Å². The Kier molecular flexibility index (Phi) is 9.30. The number of benzene rings is 1. The summed E-state index contributed by atoms with van der Waals surface area (Å²) in [7, 11) is 0. The van der Waals surface area contributed by atoms with E-state index in [9.17, 15) is 0 Å². The summed E-state index contributed by atoms with van der Waals surface area (Å²) >= 11 is -0.0525. The van der Waals surface area contributed by atoms with Crippen molar-refractivity contribution in [1.29, 1.82) is 0 Å². The fraction of sp³-hybridized carbons (Fsp3) is 0.385. The molecule has 0 spiro atoms. The molecule has 0 heterocycles. The summed E-state index contributed by atoms with van der Waals surface area (Å²) in [5.74, 6) is 0. The maximum absolute atomic E-state index is 3.64. The predicted molar refractivity (Wildman–Crippen MR) is 61.1 cm³/mol. The second kappa shape index (κ2) is 9.19. The molecule has 0 aromatic heterocycles. The Bertz CT molecular complexity index is 355. The third kappa shape index (κ3) is 4.77. The number of nitrogens with one attached hydrogen (secondary N) is 1. The van der Waals surface area contributed by atoms with Gasteiger partial charge in [-0.2, -0.15) is 0 Å². The van der Waals surface area contributed by atoms with Gasteiger partial charge in [-0.05, 0) is 0 Å². The van der Waals surface area contributed by atoms with E-state index in [1.807, 2.05) is 0 Å². The average molecular weight is 306 g/mol. The van der Waals surface area contributed by atoms with Gasteiger partial charge < -0.3 is 24.8 Å². The van der Waals surface area contributed by atoms with E-state index in [0.29, 0.717) is 4.22 Å². The fourth-order valence-electron chi connectivity index (χ4n) is 1.82. The number of allylic oxidation sites excluding steroid dienone is 1. The van der Waals surface area contributed by atoms with Crippen LogP contribution in [0.1, 0.15) is 35.1 Å². The van der Waals surface area contributed by atoms with Crippen LogP contribution >= 0.6 is 0 Å². The summed E-state index contributed by atoms with van der Waals surface area (Å²) in [6, 6.07) is 8.75. The molecule has 1 N–H and O–H groups in total. The minimum absolute atomic E-state index is 0. The van der Waals surface area contributed by atoms with Gasteiger partial charge in [0.2, 0.25) is 0 Å². The van der Waals surface area contributed by atoms with Crippen LogP contribution in [0.3, 0.4) is 0 Å². The second-order valence-corrected chi connectivity index (χ2v) is 5.86. The predicted octanol–water partition coefficient (Wildman–Crippen LogP) is -2.85. The van der Waals surface area contributed by atoms with Gasteiger partial charge in [0, 0.05) is 0 Å². The molecule has 17 heavy (non-hydrogen) atoms. The summed E-state index contributed by atoms with van der Waals surface area (Å²) in [6.07, 6.45) is 7.23. The van der Waals surface area contributed by atoms with Crippen molar-refractivity contribution in [2.45, 2.75) is 24.0 Å². The molecule has 2 rings (SSSR count). The van der Waals surface area contributed by atoms with E-state index in [1.165, 1.54) is 30.5 Å². The Morgan fingerprint density at radius 3 is 2.76 bits per heavy atom. The first kappa shape index (κ1) is 17.2. The van der Waals surface area contributed by atoms with E-state index >= 15 is 0 Å². The van der Waals surface area contributed by atoms with Crippen molar-refractivity contribution in [3.8, 4) is 0 Å². The first-order chi connectivity index (χ1) is 7.42. The molecule has 0 amide bonds. The molecule has 0 fully saturated rings. The van der Waals surface area contributed by atoms with Gasteiger partial charge in [0.1, 0.15) is 0 Å². The molecular formula is C13H17Cl2NTi. The smallest absolute Gasteiger partial charge is 1.00 e. The van der Waals surface area contributed by atoms with E-state index in [-0.39, 0.29) is 44.2 Å². The maximum atomic E-state index is 3.64. The fourth-order valence-corrected chi connectivity index (χ4v) is 3.62. The Labute approximate surface area is 126 Å². The number of hydrogen-bond donors (Lipinski definition) is 1. The molecule has 1 aliphatic rings. The maximum Gasteiger partial charge on any atom is -1.00 e. The first-order valence-corrected chi connectivity index (χ1v) is 7.35. The van der Waals surface area contributed by atoms with Gasteiger partial charge in [0.05, 0.1) is 0 Å². The molecule has 4 heteroatoms. The number of fused-ring (bicyclic) bond motifs is 1. The molecule has 0 saturated heterocycles. The van der Waals surface area contributed by atoms with Crippen molar-refractivity contribution in [3.63, 3.8) is 0 Å². The second-order valence-electron chi connectivity index (χ2n) is 3.89. The molecule has 0 bridgehead atoms. The summed E-state index contributed by atoms with van der Waals surface area (Å²) in [6.45, 7) is 3.44. The number of hydrogen-bond acceptors (Lipinski definition) is 1. The van der Waals surface area contributed by atoms with Crippen LogP contribution in [0, 0.1) is 0 Å². The zero-order valence-corrected chi connectivity index (χ0v) is 13.0. The molecule has 1 unspecified atom stereocenters. The average Bonchev–Trinajstić information content (AvgIpc) is 2.68. The molecule has 1 atom stereocenters. The molecule has 1 aliphatic carbocycles. The zero-order chi connectivity index (χ0) is 10.5. The normalized spacial score (nSPS) is 15.5. The third-order valence-electron chi connectivity index (χ3n) is 2.71. The molecule has 1 aromatic carbocycles. The van der Waals surface area contributed by atoms with E-state index in [0.717, 1.165) is 0 Å². The third-order valence-corrected chi connectivity index (χ3v) is 4.69. The van der Waals surface area contributed by atoms with Crippen LogP contribution in [0.5, 0.6) is 0 Å². The summed E-state index contributed by atoms with van der Waals surface area (Å²) in [4.78, 5) is 0. The molecule has 1 nitrogen and oxygen atoms in total. The van der Waals surface area contributed by atoms with E-state index in [1.54, 1.807) is 0 Å². The summed E-state index contributed by atoms with van der Waals surface area (Å²) in [5, 5.41) is 0. The van der Waals surface area contributed by atoms with Crippen molar-refractivity contribution < 1.29 is 44.2 Å². The molecular weight excluding hydrogens is 289 g/mol. The van der Waals surface area contributed by atoms with Crippen LogP contribution in [-0.4, -0.2) is 6.54 Å². The Morgan fingerprint density at radius 1 is 1.24 bits per heavy atom. The summed E-state index contributed by atoms with van der Waals surface area (Å²) in [5.41, 5.74) is 2.95. The van der Waals surface area contributed by atoms with Gasteiger partial charge in [-0.15, -0.1) is 0 Å². The number of halogens is 2. The molecule has 0 radical (unpaired) electrons. The van der Waals surface area contributed by atoms with Crippen LogP contribution < -0.4 is 28.6 Å². The number of rotatable bonds is 5. The van der Waals surface area contributed by atoms with Crippen molar-refractivity contribution in [2.24, 2.45) is 0 Å². The molecule has 92 valence electrons. The molecule has 0 saturated carbocycles. The van der Waals surface area contributed by atoms with Crippen molar-refractivity contribution in [1.82, 2.24) is 3.80 Å². The Morgan fingerprint density at radius 2 is 2.00 bits per heavy atom. The van der Waals surface area contributed by atoms with Crippen LogP contribution in [-0.2, 0) is 19.4 Å². The van der Waals surface area contributed by atoms with Gasteiger partial charge >= 0.3 is 101 Å². The van der Waals surface area contributed by atoms with E-state index in [4.69, 9.17) is 0 Å². The topological polar surface area (TPSA) is 12.0 Å². The number of unbranched alkanes of at least 4 members (excludes halogenated alkanes) is 1. The van der Waals surface area contributed by atoms with Gasteiger partial charge in [-0.1, -0.05) is 0 Å². The van der Waals surface area contributed by atoms with Crippen molar-refractivity contribution >= 4 is 6.08 Å². The zero-order valence-electron chi connectivity index (χ0n) is 9.92. The molecule has 1 aromatic rings. The summed E-state index contributed by atoms with van der Waals surface area (Å²) < 4.78 is 4.35. The largest absolute Gasteiger partial charge is 1.00 e. The SMILES string of the molecule is CCCC[NH][Ti+2][CH]1C=Cc2ccccc21.[Cl-].[Cl-]. The standard InChI is InChI=1S/C9H7.C4H10N.2ClH.Ti/c1-2-5-9-7-3-6-8(9)4-1;1-2-3-4-5;;;/h1-7H;5H,2-4H2,1H3;2*1H;/q;-1;;;+3/p-2. The van der Waals surface area contributed by atoms with Crippen LogP contribution in [0.25, 0.3) is 6.08 Å². The molecule has 0 aliphatic heterocycles. The van der Waals surface area contributed by atoms with Crippen molar-refractivity contribution in [3.05, 3.63) is 41.5 Å². The van der Waals surface area contributed by atoms with Gasteiger partial charge in [0.25, 0.3) is 0 Å². The van der Waals surface area contributed by atoms with E-state index in [2.05, 4.69) is 47.1 Å². The Balaban J connectivity index is 0.00000128. The minimum Gasteiger partial charge on any atom is -1.00 e. The van der Waals surface area contributed by atoms with Gasteiger partial charge in [-0.25, -0.2) is 0 Å². The first-order valence-electron chi connectivity index (χ1n) is 5.67. The minimum atomic E-state index is -0.0525. The quantitative estimate of drug-likeness (QED) is 0.456. The van der Waals surface area contributed by atoms with Crippen molar-refractivity contribution in [2.75, 3.05) is 6.54 Å². The van der Waals surface area contributed by atoms with Crippen LogP contribution in [0.4, 0.5) is 0 Å². The monoisotopic (exact) mass is 305 g/mol. The van der Waals surface area contributed by atoms with Crippen LogP contribution in [0.2, 0.25) is 0 Å². The van der Waals surface area contributed by atoms with E-state index < -0.39 is 0 Å². The van der Waals surface area contributed by atoms with Gasteiger partial charge in [0.15, 0.2) is 0 Å². The van der Waals surface area contributed by atoms with Gasteiger partial charge in [-0.3, -0.25) is 0 Å².